The minimum Gasteiger partial charge on any atom is -0.357 e. The lowest BCUT2D eigenvalue weighted by molar-refractivity contribution is -0.360. The molecule has 0 fully saturated rings. The maximum atomic E-state index is 11.7. The third-order valence-electron chi connectivity index (χ3n) is 2.33. The van der Waals surface area contributed by atoms with Crippen molar-refractivity contribution in [2.45, 2.75) is 19.4 Å². The smallest absolute Gasteiger partial charge is 0.225 e. The van der Waals surface area contributed by atoms with Gasteiger partial charge in [-0.3, -0.25) is 9.59 Å². The largest absolute Gasteiger partial charge is 0.357 e. The lowest BCUT2D eigenvalue weighted by atomic mass is 10.1. The molecule has 98 valence electrons. The molecule has 0 aromatic heterocycles. The molecule has 0 unspecified atom stereocenters. The zero-order valence-corrected chi connectivity index (χ0v) is 11.3. The van der Waals surface area contributed by atoms with Gasteiger partial charge in [0.2, 0.25) is 11.0 Å². The van der Waals surface area contributed by atoms with Crippen molar-refractivity contribution in [1.82, 2.24) is 5.32 Å². The van der Waals surface area contributed by atoms with Crippen molar-refractivity contribution in [3.63, 3.8) is 0 Å². The van der Waals surface area contributed by atoms with Crippen LogP contribution in [0.5, 0.6) is 0 Å². The maximum absolute atomic E-state index is 11.7. The van der Waals surface area contributed by atoms with E-state index >= 15 is 0 Å². The summed E-state index contributed by atoms with van der Waals surface area (Å²) in [6.07, 6.45) is 0.304. The summed E-state index contributed by atoms with van der Waals surface area (Å²) in [5.41, 5.74) is 4.62. The van der Waals surface area contributed by atoms with E-state index in [1.165, 1.54) is 11.8 Å². The Morgan fingerprint density at radius 1 is 1.33 bits per heavy atom. The van der Waals surface area contributed by atoms with E-state index in [9.17, 15) is 9.59 Å². The third-order valence-corrected chi connectivity index (χ3v) is 3.46. The third kappa shape index (κ3) is 5.33. The summed E-state index contributed by atoms with van der Waals surface area (Å²) in [5, 5.41) is 2.69. The van der Waals surface area contributed by atoms with Crippen LogP contribution < -0.4 is 11.1 Å². The van der Waals surface area contributed by atoms with Crippen molar-refractivity contribution >= 4 is 22.8 Å². The van der Waals surface area contributed by atoms with E-state index in [1.54, 1.807) is 6.92 Å². The van der Waals surface area contributed by atoms with Crippen LogP contribution >= 0.6 is 11.8 Å². The Morgan fingerprint density at radius 3 is 2.61 bits per heavy atom. The first-order chi connectivity index (χ1) is 8.63. The zero-order chi connectivity index (χ0) is 13.4. The zero-order valence-electron chi connectivity index (χ0n) is 10.5. The molecule has 0 bridgehead atoms. The monoisotopic (exact) mass is 267 g/mol. The quantitative estimate of drug-likeness (QED) is 0.775. The predicted octanol–water partition coefficient (Wildman–Crippen LogP) is 0.236. The molecular formula is C13H19N2O2S+. The number of nitrogens with one attached hydrogen (secondary N) is 1. The number of amides is 1. The van der Waals surface area contributed by atoms with E-state index in [0.717, 1.165) is 5.56 Å². The van der Waals surface area contributed by atoms with Crippen LogP contribution in [0.4, 0.5) is 0 Å². The average molecular weight is 267 g/mol. The van der Waals surface area contributed by atoms with Crippen LogP contribution in [-0.2, 0) is 16.0 Å². The van der Waals surface area contributed by atoms with Crippen molar-refractivity contribution in [2.75, 3.05) is 12.3 Å². The molecule has 18 heavy (non-hydrogen) atoms. The number of quaternary nitrogens is 1. The molecule has 1 aromatic rings. The van der Waals surface area contributed by atoms with E-state index in [1.807, 2.05) is 30.3 Å². The van der Waals surface area contributed by atoms with Gasteiger partial charge in [-0.25, -0.2) is 0 Å². The molecule has 0 aliphatic rings. The standard InChI is InChI=1S/C13H18N2O2S/c1-10(13(17)18-8-7-14)15-12(16)9-11-5-3-2-4-6-11/h2-6,10H,7-9,14H2,1H3,(H,15,16)/p+1/t10-/m0/s1. The fourth-order valence-electron chi connectivity index (χ4n) is 1.43. The highest BCUT2D eigenvalue weighted by molar-refractivity contribution is 8.13. The molecule has 0 heterocycles. The van der Waals surface area contributed by atoms with Crippen molar-refractivity contribution in [1.29, 1.82) is 0 Å². The summed E-state index contributed by atoms with van der Waals surface area (Å²) in [6.45, 7) is 2.42. The lowest BCUT2D eigenvalue weighted by Gasteiger charge is -2.11. The van der Waals surface area contributed by atoms with Crippen molar-refractivity contribution in [3.05, 3.63) is 35.9 Å². The maximum Gasteiger partial charge on any atom is 0.225 e. The molecular weight excluding hydrogens is 248 g/mol. The van der Waals surface area contributed by atoms with Crippen LogP contribution in [0.15, 0.2) is 30.3 Å². The Bertz CT molecular complexity index is 395. The van der Waals surface area contributed by atoms with Gasteiger partial charge in [0.15, 0.2) is 0 Å². The van der Waals surface area contributed by atoms with Crippen LogP contribution in [0.3, 0.4) is 0 Å². The first kappa shape index (κ1) is 14.7. The van der Waals surface area contributed by atoms with Crippen LogP contribution in [0, 0.1) is 0 Å². The van der Waals surface area contributed by atoms with E-state index in [2.05, 4.69) is 11.1 Å². The summed E-state index contributed by atoms with van der Waals surface area (Å²) >= 11 is 1.22. The number of carbonyl (C=O) groups excluding carboxylic acids is 2. The second-order valence-electron chi connectivity index (χ2n) is 3.97. The second-order valence-corrected chi connectivity index (χ2v) is 5.07. The van der Waals surface area contributed by atoms with Gasteiger partial charge in [0, 0.05) is 0 Å². The fourth-order valence-corrected chi connectivity index (χ4v) is 2.08. The van der Waals surface area contributed by atoms with Gasteiger partial charge < -0.3 is 11.1 Å². The molecule has 0 saturated carbocycles. The molecule has 0 radical (unpaired) electrons. The number of benzene rings is 1. The lowest BCUT2D eigenvalue weighted by Crippen LogP contribution is -2.51. The van der Waals surface area contributed by atoms with E-state index in [0.29, 0.717) is 18.7 Å². The Balaban J connectivity index is 2.38. The van der Waals surface area contributed by atoms with Gasteiger partial charge in [0.05, 0.1) is 24.8 Å². The summed E-state index contributed by atoms with van der Waals surface area (Å²) in [6, 6.07) is 9.02. The molecule has 0 aliphatic heterocycles. The second kappa shape index (κ2) is 7.89. The number of carbonyl (C=O) groups is 2. The first-order valence-electron chi connectivity index (χ1n) is 5.92. The minimum atomic E-state index is -0.447. The van der Waals surface area contributed by atoms with Gasteiger partial charge in [0.1, 0.15) is 0 Å². The number of hydrogen-bond acceptors (Lipinski definition) is 3. The molecule has 1 amide bonds. The SMILES string of the molecule is C[C@H](NC(=O)Cc1ccccc1)C(=O)SCC[NH3+]. The fraction of sp³-hybridized carbons (Fsp3) is 0.385. The summed E-state index contributed by atoms with van der Waals surface area (Å²) in [5.74, 6) is 0.565. The highest BCUT2D eigenvalue weighted by Crippen LogP contribution is 2.05. The highest BCUT2D eigenvalue weighted by Gasteiger charge is 2.15. The summed E-state index contributed by atoms with van der Waals surface area (Å²) in [7, 11) is 0. The van der Waals surface area contributed by atoms with Gasteiger partial charge in [-0.1, -0.05) is 42.1 Å². The first-order valence-corrected chi connectivity index (χ1v) is 6.91. The molecule has 1 aromatic carbocycles. The number of rotatable bonds is 6. The van der Waals surface area contributed by atoms with Gasteiger partial charge >= 0.3 is 0 Å². The minimum absolute atomic E-state index is 0.0138. The predicted molar refractivity (Wildman–Crippen MR) is 73.0 cm³/mol. The van der Waals surface area contributed by atoms with Crippen molar-refractivity contribution < 1.29 is 15.3 Å². The Morgan fingerprint density at radius 2 is 2.00 bits per heavy atom. The topological polar surface area (TPSA) is 73.8 Å². The number of thioether (sulfide) groups is 1. The van der Waals surface area contributed by atoms with Crippen LogP contribution in [-0.4, -0.2) is 29.4 Å². The van der Waals surface area contributed by atoms with Gasteiger partial charge in [0.25, 0.3) is 0 Å². The molecule has 4 nitrogen and oxygen atoms in total. The Hall–Kier alpha value is -1.33. The average Bonchev–Trinajstić information content (AvgIpc) is 2.36. The van der Waals surface area contributed by atoms with Gasteiger partial charge in [-0.15, -0.1) is 0 Å². The van der Waals surface area contributed by atoms with E-state index < -0.39 is 6.04 Å². The highest BCUT2D eigenvalue weighted by atomic mass is 32.2. The van der Waals surface area contributed by atoms with E-state index in [4.69, 9.17) is 0 Å². The Kier molecular flexibility index (Phi) is 6.46. The van der Waals surface area contributed by atoms with Gasteiger partial charge in [-0.2, -0.15) is 0 Å². The van der Waals surface area contributed by atoms with Gasteiger partial charge in [-0.05, 0) is 12.5 Å². The van der Waals surface area contributed by atoms with E-state index in [-0.39, 0.29) is 11.0 Å². The van der Waals surface area contributed by atoms with Crippen LogP contribution in [0.2, 0.25) is 0 Å². The molecule has 0 saturated heterocycles. The normalized spacial score (nSPS) is 11.9. The molecule has 4 N–H and O–H groups in total. The van der Waals surface area contributed by atoms with Crippen LogP contribution in [0.1, 0.15) is 12.5 Å². The Labute approximate surface area is 111 Å². The van der Waals surface area contributed by atoms with Crippen molar-refractivity contribution in [2.24, 2.45) is 0 Å². The number of hydrogen-bond donors (Lipinski definition) is 2. The molecule has 5 heteroatoms. The molecule has 1 rings (SSSR count). The van der Waals surface area contributed by atoms with Crippen molar-refractivity contribution in [3.8, 4) is 0 Å². The molecule has 0 aliphatic carbocycles. The summed E-state index contributed by atoms with van der Waals surface area (Å²) < 4.78 is 0. The molecule has 1 atom stereocenters. The molecule has 0 spiro atoms. The summed E-state index contributed by atoms with van der Waals surface area (Å²) in [4.78, 5) is 23.3. The van der Waals surface area contributed by atoms with Crippen LogP contribution in [0.25, 0.3) is 0 Å².